The second-order valence-electron chi connectivity index (χ2n) is 7.97. The van der Waals surface area contributed by atoms with E-state index in [4.69, 9.17) is 23.2 Å². The van der Waals surface area contributed by atoms with Crippen molar-refractivity contribution in [2.75, 3.05) is 13.1 Å². The lowest BCUT2D eigenvalue weighted by molar-refractivity contribution is -0.133. The second kappa shape index (κ2) is 7.67. The third kappa shape index (κ3) is 3.58. The molecule has 1 aromatic carbocycles. The Morgan fingerprint density at radius 3 is 2.70 bits per heavy atom. The third-order valence-corrected chi connectivity index (χ3v) is 6.52. The van der Waals surface area contributed by atoms with Gasteiger partial charge in [-0.3, -0.25) is 9.59 Å². The van der Waals surface area contributed by atoms with Crippen LogP contribution in [0.4, 0.5) is 0 Å². The van der Waals surface area contributed by atoms with Crippen LogP contribution in [0.3, 0.4) is 0 Å². The smallest absolute Gasteiger partial charge is 0.281 e. The first-order valence-corrected chi connectivity index (χ1v) is 10.8. The molecule has 3 heterocycles. The van der Waals surface area contributed by atoms with Crippen molar-refractivity contribution in [2.24, 2.45) is 5.92 Å². The van der Waals surface area contributed by atoms with Crippen LogP contribution in [0.1, 0.15) is 43.0 Å². The highest BCUT2D eigenvalue weighted by molar-refractivity contribution is 6.36. The van der Waals surface area contributed by atoms with Crippen LogP contribution in [-0.4, -0.2) is 48.9 Å². The van der Waals surface area contributed by atoms with Gasteiger partial charge in [-0.15, -0.1) is 5.10 Å². The SMILES string of the molecule is O=C(C1CC1)N1CCCC(c2nc3c(nnn3Cc3c(Cl)cccc3Cl)c(=O)[nH]2)C1. The first-order chi connectivity index (χ1) is 14.5. The molecule has 10 heteroatoms. The number of hydrogen-bond donors (Lipinski definition) is 1. The highest BCUT2D eigenvalue weighted by atomic mass is 35.5. The molecule has 1 amide bonds. The Morgan fingerprint density at radius 1 is 1.20 bits per heavy atom. The van der Waals surface area contributed by atoms with Gasteiger partial charge in [0.2, 0.25) is 5.91 Å². The van der Waals surface area contributed by atoms with Crippen molar-refractivity contribution in [3.8, 4) is 0 Å². The van der Waals surface area contributed by atoms with Crippen molar-refractivity contribution in [1.29, 1.82) is 0 Å². The topological polar surface area (TPSA) is 96.8 Å². The summed E-state index contributed by atoms with van der Waals surface area (Å²) in [6.45, 7) is 1.59. The lowest BCUT2D eigenvalue weighted by Gasteiger charge is -2.32. The predicted octanol–water partition coefficient (Wildman–Crippen LogP) is 2.99. The van der Waals surface area contributed by atoms with E-state index in [2.05, 4.69) is 20.3 Å². The molecule has 2 aromatic heterocycles. The van der Waals surface area contributed by atoms with Crippen molar-refractivity contribution in [2.45, 2.75) is 38.1 Å². The molecule has 156 valence electrons. The van der Waals surface area contributed by atoms with Gasteiger partial charge in [0, 0.05) is 40.5 Å². The van der Waals surface area contributed by atoms with Crippen LogP contribution in [0.25, 0.3) is 11.2 Å². The molecule has 2 fully saturated rings. The van der Waals surface area contributed by atoms with Crippen LogP contribution < -0.4 is 5.56 Å². The van der Waals surface area contributed by atoms with Crippen molar-refractivity contribution in [3.63, 3.8) is 0 Å². The number of halogens is 2. The van der Waals surface area contributed by atoms with E-state index in [1.54, 1.807) is 18.2 Å². The zero-order chi connectivity index (χ0) is 20.8. The number of carbonyl (C=O) groups excluding carboxylic acids is 1. The van der Waals surface area contributed by atoms with E-state index < -0.39 is 0 Å². The summed E-state index contributed by atoms with van der Waals surface area (Å²) in [5, 5.41) is 9.11. The number of rotatable bonds is 4. The minimum Gasteiger partial charge on any atom is -0.342 e. The number of hydrogen-bond acceptors (Lipinski definition) is 5. The van der Waals surface area contributed by atoms with Gasteiger partial charge in [0.15, 0.2) is 11.2 Å². The molecule has 1 saturated carbocycles. The third-order valence-electron chi connectivity index (χ3n) is 5.81. The fraction of sp³-hybridized carbons (Fsp3) is 0.450. The van der Waals surface area contributed by atoms with Gasteiger partial charge in [-0.05, 0) is 37.8 Å². The number of benzene rings is 1. The lowest BCUT2D eigenvalue weighted by atomic mass is 9.96. The predicted molar refractivity (Wildman–Crippen MR) is 113 cm³/mol. The summed E-state index contributed by atoms with van der Waals surface area (Å²) in [4.78, 5) is 34.6. The van der Waals surface area contributed by atoms with Gasteiger partial charge in [0.05, 0.1) is 6.54 Å². The Labute approximate surface area is 182 Å². The highest BCUT2D eigenvalue weighted by Gasteiger charge is 2.36. The first kappa shape index (κ1) is 19.5. The van der Waals surface area contributed by atoms with Crippen molar-refractivity contribution >= 4 is 40.3 Å². The molecule has 1 aliphatic heterocycles. The number of amides is 1. The quantitative estimate of drug-likeness (QED) is 0.664. The summed E-state index contributed by atoms with van der Waals surface area (Å²) in [7, 11) is 0. The minimum atomic E-state index is -0.336. The van der Waals surface area contributed by atoms with Crippen LogP contribution in [0.2, 0.25) is 10.0 Å². The second-order valence-corrected chi connectivity index (χ2v) is 8.78. The lowest BCUT2D eigenvalue weighted by Crippen LogP contribution is -2.40. The number of likely N-dealkylation sites (tertiary alicyclic amines) is 1. The van der Waals surface area contributed by atoms with Crippen LogP contribution >= 0.6 is 23.2 Å². The zero-order valence-electron chi connectivity index (χ0n) is 16.1. The Morgan fingerprint density at radius 2 is 1.97 bits per heavy atom. The van der Waals surface area contributed by atoms with Crippen LogP contribution in [-0.2, 0) is 11.3 Å². The molecule has 5 rings (SSSR count). The summed E-state index contributed by atoms with van der Waals surface area (Å²) in [6.07, 6.45) is 3.71. The number of nitrogens with zero attached hydrogens (tertiary/aromatic N) is 5. The molecule has 0 radical (unpaired) electrons. The number of H-pyrrole nitrogens is 1. The van der Waals surface area contributed by atoms with E-state index >= 15 is 0 Å². The van der Waals surface area contributed by atoms with Crippen LogP contribution in [0.5, 0.6) is 0 Å². The maximum atomic E-state index is 12.6. The number of carbonyl (C=O) groups is 1. The number of fused-ring (bicyclic) bond motifs is 1. The molecule has 8 nitrogen and oxygen atoms in total. The van der Waals surface area contributed by atoms with E-state index in [1.807, 2.05) is 4.90 Å². The summed E-state index contributed by atoms with van der Waals surface area (Å²) in [6, 6.07) is 5.27. The zero-order valence-corrected chi connectivity index (χ0v) is 17.7. The molecule has 1 saturated heterocycles. The van der Waals surface area contributed by atoms with Crippen molar-refractivity contribution < 1.29 is 4.79 Å². The fourth-order valence-corrected chi connectivity index (χ4v) is 4.52. The number of aromatic nitrogens is 5. The molecule has 1 aliphatic carbocycles. The van der Waals surface area contributed by atoms with Gasteiger partial charge >= 0.3 is 0 Å². The van der Waals surface area contributed by atoms with E-state index in [0.717, 1.165) is 32.2 Å². The highest BCUT2D eigenvalue weighted by Crippen LogP contribution is 2.34. The fourth-order valence-electron chi connectivity index (χ4n) is 4.01. The van der Waals surface area contributed by atoms with Gasteiger partial charge in [-0.1, -0.05) is 34.5 Å². The Hall–Kier alpha value is -2.45. The van der Waals surface area contributed by atoms with Crippen molar-refractivity contribution in [3.05, 3.63) is 50.0 Å². The largest absolute Gasteiger partial charge is 0.342 e. The van der Waals surface area contributed by atoms with E-state index in [0.29, 0.717) is 33.6 Å². The van der Waals surface area contributed by atoms with Gasteiger partial charge in [0.25, 0.3) is 5.56 Å². The van der Waals surface area contributed by atoms with Crippen LogP contribution in [0.15, 0.2) is 23.0 Å². The van der Waals surface area contributed by atoms with E-state index in [-0.39, 0.29) is 35.4 Å². The summed E-state index contributed by atoms with van der Waals surface area (Å²) < 4.78 is 1.54. The molecule has 2 aliphatic rings. The Bertz CT molecular complexity index is 1170. The van der Waals surface area contributed by atoms with E-state index in [9.17, 15) is 9.59 Å². The molecule has 0 spiro atoms. The first-order valence-electron chi connectivity index (χ1n) is 10.1. The number of nitrogens with one attached hydrogen (secondary N) is 1. The molecule has 1 atom stereocenters. The average molecular weight is 447 g/mol. The normalized spacial score (nSPS) is 19.4. The average Bonchev–Trinajstić information content (AvgIpc) is 3.51. The number of piperidine rings is 1. The van der Waals surface area contributed by atoms with Crippen LogP contribution in [0, 0.1) is 5.92 Å². The van der Waals surface area contributed by atoms with E-state index in [1.165, 1.54) is 4.68 Å². The summed E-state index contributed by atoms with van der Waals surface area (Å²) >= 11 is 12.6. The Kier molecular flexibility index (Phi) is 4.99. The minimum absolute atomic E-state index is 0.0224. The van der Waals surface area contributed by atoms with Gasteiger partial charge < -0.3 is 9.88 Å². The Balaban J connectivity index is 1.48. The standard InChI is InChI=1S/C20H20Cl2N6O2/c21-14-4-1-5-15(22)13(14)10-28-18-16(25-26-28)19(29)24-17(23-18)12-3-2-8-27(9-12)20(30)11-6-7-11/h1,4-5,11-12H,2-3,6-10H2,(H,23,24,29). The molecular weight excluding hydrogens is 427 g/mol. The van der Waals surface area contributed by atoms with Gasteiger partial charge in [-0.2, -0.15) is 0 Å². The molecule has 0 bridgehead atoms. The number of aromatic amines is 1. The molecule has 1 N–H and O–H groups in total. The maximum absolute atomic E-state index is 12.6. The molecular formula is C20H20Cl2N6O2. The summed E-state index contributed by atoms with van der Waals surface area (Å²) in [5.74, 6) is 0.952. The van der Waals surface area contributed by atoms with Crippen molar-refractivity contribution in [1.82, 2.24) is 29.9 Å². The maximum Gasteiger partial charge on any atom is 0.281 e. The summed E-state index contributed by atoms with van der Waals surface area (Å²) in [5.41, 5.74) is 0.909. The molecule has 1 unspecified atom stereocenters. The van der Waals surface area contributed by atoms with Gasteiger partial charge in [-0.25, -0.2) is 9.67 Å². The molecule has 3 aromatic rings. The molecule has 30 heavy (non-hydrogen) atoms. The van der Waals surface area contributed by atoms with Gasteiger partial charge in [0.1, 0.15) is 5.82 Å². The monoisotopic (exact) mass is 446 g/mol.